The monoisotopic (exact) mass is 493 g/mol. The van der Waals surface area contributed by atoms with Crippen LogP contribution in [-0.2, 0) is 24.5 Å². The van der Waals surface area contributed by atoms with E-state index >= 15 is 0 Å². The molecule has 4 saturated heterocycles. The van der Waals surface area contributed by atoms with Gasteiger partial charge in [-0.05, 0) is 61.1 Å². The van der Waals surface area contributed by atoms with E-state index in [9.17, 15) is 14.7 Å². The van der Waals surface area contributed by atoms with Crippen molar-refractivity contribution in [1.29, 1.82) is 0 Å². The van der Waals surface area contributed by atoms with E-state index in [0.29, 0.717) is 12.3 Å². The van der Waals surface area contributed by atoms with Crippen molar-refractivity contribution >= 4 is 11.8 Å². The second-order valence-corrected chi connectivity index (χ2v) is 13.9. The number of carbonyl (C=O) groups is 2. The highest BCUT2D eigenvalue weighted by molar-refractivity contribution is 5.94. The Balaban J connectivity index is 1.51. The Morgan fingerprint density at radius 2 is 1.86 bits per heavy atom. The van der Waals surface area contributed by atoms with Gasteiger partial charge in [-0.2, -0.15) is 0 Å². The lowest BCUT2D eigenvalue weighted by molar-refractivity contribution is -0.366. The third kappa shape index (κ3) is 2.34. The van der Waals surface area contributed by atoms with Gasteiger partial charge >= 0.3 is 5.97 Å². The van der Waals surface area contributed by atoms with E-state index in [2.05, 4.69) is 38.7 Å². The van der Waals surface area contributed by atoms with Crippen molar-refractivity contribution < 1.29 is 24.2 Å². The summed E-state index contributed by atoms with van der Waals surface area (Å²) >= 11 is 0. The summed E-state index contributed by atoms with van der Waals surface area (Å²) < 4.78 is 13.4. The molecule has 194 valence electrons. The SMILES string of the molecule is Cc1cc(O)c2c(c1)[C@]1(C)C[C@@]34OC(=O)C[C@](C)([C@H]1C(=O)[C@@H]2C)[C@]3(C)CC[C@]12C[C@@H](C)C[C@H](CN14)O2. The predicted molar refractivity (Wildman–Crippen MR) is 133 cm³/mol. The number of benzene rings is 1. The number of hydrogen-bond acceptors (Lipinski definition) is 6. The number of Topliss-reactive ketones (excluding diaryl/α,β-unsaturated/α-hetero) is 1. The molecule has 0 unspecified atom stereocenters. The lowest BCUT2D eigenvalue weighted by atomic mass is 9.35. The van der Waals surface area contributed by atoms with Crippen LogP contribution < -0.4 is 0 Å². The molecule has 1 N–H and O–H groups in total. The Morgan fingerprint density at radius 1 is 1.11 bits per heavy atom. The minimum Gasteiger partial charge on any atom is -0.508 e. The average molecular weight is 494 g/mol. The topological polar surface area (TPSA) is 76.1 Å². The molecule has 6 heteroatoms. The molecule has 4 heterocycles. The molecule has 9 atom stereocenters. The standard InChI is InChI=1S/C30H39NO5/c1-16-10-20-23(21(32)11-16)18(3)24(34)25-26(20,4)15-30-28(6,27(25,5)13-22(33)36-30)7-8-29-12-17(2)9-19(35-29)14-31(29)30/h10-11,17-19,25,32H,7-9,12-15H2,1-6H3/t17-,18+,19+,25-,26-,27+,28-,29-,30+/m0/s1. The first kappa shape index (κ1) is 23.2. The molecule has 7 rings (SSSR count). The van der Waals surface area contributed by atoms with Crippen molar-refractivity contribution in [2.75, 3.05) is 6.54 Å². The number of nitrogens with zero attached hydrogens (tertiary/aromatic N) is 1. The highest BCUT2D eigenvalue weighted by Crippen LogP contribution is 2.76. The highest BCUT2D eigenvalue weighted by atomic mass is 16.6. The summed E-state index contributed by atoms with van der Waals surface area (Å²) in [4.78, 5) is 30.3. The molecule has 0 amide bonds. The van der Waals surface area contributed by atoms with E-state index in [1.165, 1.54) is 0 Å². The van der Waals surface area contributed by atoms with Gasteiger partial charge < -0.3 is 14.6 Å². The number of carbonyl (C=O) groups excluding carboxylic acids is 2. The number of aryl methyl sites for hydroxylation is 1. The first-order valence-electron chi connectivity index (χ1n) is 13.9. The molecule has 0 aromatic heterocycles. The van der Waals surface area contributed by atoms with E-state index in [4.69, 9.17) is 9.47 Å². The van der Waals surface area contributed by atoms with E-state index < -0.39 is 28.2 Å². The second kappa shape index (κ2) is 6.55. The molecule has 0 radical (unpaired) electrons. The zero-order valence-corrected chi connectivity index (χ0v) is 22.4. The van der Waals surface area contributed by atoms with E-state index in [0.717, 1.165) is 48.9 Å². The van der Waals surface area contributed by atoms with Crippen LogP contribution in [0.15, 0.2) is 12.1 Å². The number of hydrogen-bond donors (Lipinski definition) is 1. The number of phenolic OH excluding ortho intramolecular Hbond substituents is 1. The third-order valence-electron chi connectivity index (χ3n) is 11.9. The Kier molecular flexibility index (Phi) is 4.23. The number of ether oxygens (including phenoxy) is 2. The van der Waals surface area contributed by atoms with Crippen molar-refractivity contribution in [2.24, 2.45) is 22.7 Å². The maximum absolute atomic E-state index is 14.3. The molecule has 6 nitrogen and oxygen atoms in total. The van der Waals surface area contributed by atoms with Gasteiger partial charge in [0.2, 0.25) is 0 Å². The fourth-order valence-corrected chi connectivity index (χ4v) is 10.5. The molecule has 1 saturated carbocycles. The summed E-state index contributed by atoms with van der Waals surface area (Å²) in [5.41, 5.74) is 0.0164. The molecule has 5 fully saturated rings. The van der Waals surface area contributed by atoms with Gasteiger partial charge in [0, 0.05) is 41.2 Å². The lowest BCUT2D eigenvalue weighted by Crippen LogP contribution is -2.82. The Labute approximate surface area is 213 Å². The number of phenols is 1. The minimum atomic E-state index is -0.850. The average Bonchev–Trinajstić information content (AvgIpc) is 3.04. The molecule has 4 aliphatic heterocycles. The Hall–Kier alpha value is -1.92. The van der Waals surface area contributed by atoms with Gasteiger partial charge in [-0.3, -0.25) is 9.59 Å². The van der Waals surface area contributed by atoms with Crippen LogP contribution in [-0.4, -0.2) is 45.9 Å². The van der Waals surface area contributed by atoms with Crippen LogP contribution in [0.5, 0.6) is 5.75 Å². The zero-order chi connectivity index (χ0) is 25.6. The van der Waals surface area contributed by atoms with Crippen LogP contribution in [0.1, 0.15) is 95.8 Å². The van der Waals surface area contributed by atoms with Gasteiger partial charge in [-0.1, -0.05) is 40.7 Å². The quantitative estimate of drug-likeness (QED) is 0.516. The van der Waals surface area contributed by atoms with Gasteiger partial charge in [-0.15, -0.1) is 0 Å². The van der Waals surface area contributed by atoms with Crippen LogP contribution in [0.25, 0.3) is 0 Å². The summed E-state index contributed by atoms with van der Waals surface area (Å²) in [7, 11) is 0. The third-order valence-corrected chi connectivity index (χ3v) is 11.9. The fourth-order valence-electron chi connectivity index (χ4n) is 10.5. The largest absolute Gasteiger partial charge is 0.508 e. The molecule has 1 spiro atoms. The number of ketones is 1. The van der Waals surface area contributed by atoms with Gasteiger partial charge in [-0.25, -0.2) is 4.90 Å². The van der Waals surface area contributed by atoms with Gasteiger partial charge in [0.05, 0.1) is 12.5 Å². The molecular formula is C30H39NO5. The summed E-state index contributed by atoms with van der Waals surface area (Å²) in [5.74, 6) is -0.00359. The maximum Gasteiger partial charge on any atom is 0.308 e. The van der Waals surface area contributed by atoms with Crippen molar-refractivity contribution in [1.82, 2.24) is 4.90 Å². The van der Waals surface area contributed by atoms with E-state index in [1.807, 2.05) is 13.8 Å². The maximum atomic E-state index is 14.3. The summed E-state index contributed by atoms with van der Waals surface area (Å²) in [6, 6.07) is 3.94. The molecule has 1 aromatic rings. The van der Waals surface area contributed by atoms with Crippen LogP contribution in [0.2, 0.25) is 0 Å². The zero-order valence-electron chi connectivity index (χ0n) is 22.4. The van der Waals surface area contributed by atoms with E-state index in [1.54, 1.807) is 6.07 Å². The smallest absolute Gasteiger partial charge is 0.308 e. The van der Waals surface area contributed by atoms with Crippen LogP contribution in [0.3, 0.4) is 0 Å². The van der Waals surface area contributed by atoms with Crippen molar-refractivity contribution in [3.63, 3.8) is 0 Å². The summed E-state index contributed by atoms with van der Waals surface area (Å²) in [6.07, 6.45) is 4.69. The second-order valence-electron chi connectivity index (χ2n) is 13.9. The molecule has 4 bridgehead atoms. The highest BCUT2D eigenvalue weighted by Gasteiger charge is 2.81. The summed E-state index contributed by atoms with van der Waals surface area (Å²) in [6.45, 7) is 13.7. The van der Waals surface area contributed by atoms with Crippen molar-refractivity contribution in [2.45, 2.75) is 109 Å². The number of piperidine rings is 1. The number of aromatic hydroxyl groups is 1. The van der Waals surface area contributed by atoms with Crippen molar-refractivity contribution in [3.8, 4) is 5.75 Å². The number of rotatable bonds is 0. The van der Waals surface area contributed by atoms with Crippen LogP contribution in [0, 0.1) is 29.6 Å². The Morgan fingerprint density at radius 3 is 2.61 bits per heavy atom. The first-order valence-corrected chi connectivity index (χ1v) is 13.9. The van der Waals surface area contributed by atoms with Crippen molar-refractivity contribution in [3.05, 3.63) is 28.8 Å². The number of fused-ring (bicyclic) bond motifs is 5. The van der Waals surface area contributed by atoms with Crippen LogP contribution >= 0.6 is 0 Å². The van der Waals surface area contributed by atoms with Crippen LogP contribution in [0.4, 0.5) is 0 Å². The van der Waals surface area contributed by atoms with Gasteiger partial charge in [0.15, 0.2) is 5.72 Å². The van der Waals surface area contributed by atoms with Gasteiger partial charge in [0.25, 0.3) is 0 Å². The molecular weight excluding hydrogens is 454 g/mol. The molecule has 6 aliphatic rings. The lowest BCUT2D eigenvalue weighted by Gasteiger charge is -2.75. The van der Waals surface area contributed by atoms with E-state index in [-0.39, 0.29) is 41.4 Å². The molecule has 36 heavy (non-hydrogen) atoms. The Bertz CT molecular complexity index is 1230. The minimum absolute atomic E-state index is 0.148. The number of esters is 1. The fraction of sp³-hybridized carbons (Fsp3) is 0.733. The van der Waals surface area contributed by atoms with Gasteiger partial charge in [0.1, 0.15) is 17.3 Å². The molecule has 1 aromatic carbocycles. The molecule has 2 aliphatic carbocycles. The first-order chi connectivity index (χ1) is 16.8. The predicted octanol–water partition coefficient (Wildman–Crippen LogP) is 4.94. The summed E-state index contributed by atoms with van der Waals surface area (Å²) in [5, 5.41) is 11.1. The normalized spacial score (nSPS) is 51.1.